The fraction of sp³-hybridized carbons (Fsp3) is 0.0500. The molecule has 0 amide bonds. The molecule has 5 aromatic rings. The van der Waals surface area contributed by atoms with Gasteiger partial charge in [-0.2, -0.15) is 0 Å². The lowest BCUT2D eigenvalue weighted by Gasteiger charge is -2.05. The molecule has 0 saturated heterocycles. The van der Waals surface area contributed by atoms with Crippen LogP contribution in [0, 0.1) is 10.1 Å². The van der Waals surface area contributed by atoms with E-state index in [1.807, 2.05) is 0 Å². The van der Waals surface area contributed by atoms with Crippen molar-refractivity contribution in [3.8, 4) is 11.5 Å². The van der Waals surface area contributed by atoms with Crippen molar-refractivity contribution < 1.29 is 23.2 Å². The second-order valence-corrected chi connectivity index (χ2v) is 10.2. The van der Waals surface area contributed by atoms with Crippen LogP contribution in [0.15, 0.2) is 58.0 Å². The third-order valence-corrected chi connectivity index (χ3v) is 8.16. The molecule has 0 fully saturated rings. The molecular formula is C20H14N6O6S2. The smallest absolute Gasteiger partial charge is 0.269 e. The maximum atomic E-state index is 12.9. The van der Waals surface area contributed by atoms with Crippen molar-refractivity contribution in [2.75, 3.05) is 12.4 Å². The van der Waals surface area contributed by atoms with E-state index in [1.54, 1.807) is 6.07 Å². The van der Waals surface area contributed by atoms with E-state index in [2.05, 4.69) is 25.3 Å². The van der Waals surface area contributed by atoms with Gasteiger partial charge in [-0.25, -0.2) is 23.4 Å². The van der Waals surface area contributed by atoms with Crippen LogP contribution in [0.25, 0.3) is 21.9 Å². The summed E-state index contributed by atoms with van der Waals surface area (Å²) in [5, 5.41) is 25.5. The zero-order valence-corrected chi connectivity index (χ0v) is 18.8. The number of rotatable bonds is 6. The normalized spacial score (nSPS) is 11.7. The van der Waals surface area contributed by atoms with Gasteiger partial charge in [0.15, 0.2) is 16.6 Å². The Bertz CT molecular complexity index is 1680. The number of aromatic hydroxyl groups is 1. The second-order valence-electron chi connectivity index (χ2n) is 7.00. The number of fused-ring (bicyclic) bond motifs is 3. The first kappa shape index (κ1) is 21.5. The molecule has 0 spiro atoms. The van der Waals surface area contributed by atoms with Crippen LogP contribution in [0.3, 0.4) is 0 Å². The van der Waals surface area contributed by atoms with Crippen LogP contribution in [-0.4, -0.2) is 45.5 Å². The van der Waals surface area contributed by atoms with Gasteiger partial charge < -0.3 is 20.1 Å². The van der Waals surface area contributed by atoms with E-state index in [0.29, 0.717) is 33.5 Å². The molecule has 0 atom stereocenters. The van der Waals surface area contributed by atoms with Gasteiger partial charge in [0.25, 0.3) is 5.69 Å². The van der Waals surface area contributed by atoms with Gasteiger partial charge in [0, 0.05) is 23.6 Å². The molecule has 0 bridgehead atoms. The average Bonchev–Trinajstić information content (AvgIpc) is 3.44. The number of nitro groups is 1. The van der Waals surface area contributed by atoms with Crippen molar-refractivity contribution in [1.29, 1.82) is 0 Å². The molecule has 0 radical (unpaired) electrons. The van der Waals surface area contributed by atoms with Crippen molar-refractivity contribution in [2.45, 2.75) is 9.10 Å². The number of H-pyrrole nitrogens is 1. The van der Waals surface area contributed by atoms with Gasteiger partial charge in [-0.05, 0) is 18.2 Å². The van der Waals surface area contributed by atoms with Crippen molar-refractivity contribution in [3.63, 3.8) is 0 Å². The van der Waals surface area contributed by atoms with Crippen LogP contribution in [0.5, 0.6) is 11.5 Å². The number of aromatic nitrogens is 4. The largest absolute Gasteiger partial charge is 0.504 e. The quantitative estimate of drug-likeness (QED) is 0.231. The van der Waals surface area contributed by atoms with E-state index in [4.69, 9.17) is 4.74 Å². The van der Waals surface area contributed by atoms with Gasteiger partial charge in [0.2, 0.25) is 9.84 Å². The molecule has 3 heterocycles. The fourth-order valence-electron chi connectivity index (χ4n) is 3.41. The second kappa shape index (κ2) is 7.93. The lowest BCUT2D eigenvalue weighted by Crippen LogP contribution is -1.99. The Morgan fingerprint density at radius 3 is 2.65 bits per heavy atom. The van der Waals surface area contributed by atoms with Gasteiger partial charge >= 0.3 is 0 Å². The summed E-state index contributed by atoms with van der Waals surface area (Å²) in [5.41, 5.74) is 0.949. The highest BCUT2D eigenvalue weighted by Gasteiger charge is 2.23. The fourth-order valence-corrected chi connectivity index (χ4v) is 5.84. The molecule has 0 aliphatic heterocycles. The van der Waals surface area contributed by atoms with E-state index < -0.39 is 14.8 Å². The van der Waals surface area contributed by atoms with Gasteiger partial charge in [-0.3, -0.25) is 10.1 Å². The summed E-state index contributed by atoms with van der Waals surface area (Å²) in [4.78, 5) is 25.9. The first-order chi connectivity index (χ1) is 16.3. The molecule has 0 unspecified atom stereocenters. The number of benzene rings is 2. The Labute approximate surface area is 195 Å². The minimum Gasteiger partial charge on any atom is -0.504 e. The summed E-state index contributed by atoms with van der Waals surface area (Å²) in [6, 6.07) is 7.78. The first-order valence-electron chi connectivity index (χ1n) is 9.53. The van der Waals surface area contributed by atoms with E-state index in [1.165, 1.54) is 37.8 Å². The highest BCUT2D eigenvalue weighted by molar-refractivity contribution is 7.93. The average molecular weight is 499 g/mol. The number of sulfone groups is 1. The predicted octanol–water partition coefficient (Wildman–Crippen LogP) is 3.77. The third kappa shape index (κ3) is 3.54. The zero-order valence-electron chi connectivity index (χ0n) is 17.2. The zero-order chi connectivity index (χ0) is 24.0. The van der Waals surface area contributed by atoms with E-state index in [-0.39, 0.29) is 25.7 Å². The Morgan fingerprint density at radius 2 is 1.94 bits per heavy atom. The van der Waals surface area contributed by atoms with Crippen LogP contribution in [-0.2, 0) is 9.84 Å². The number of phenols is 1. The van der Waals surface area contributed by atoms with Crippen LogP contribution >= 0.6 is 11.3 Å². The molecule has 172 valence electrons. The maximum Gasteiger partial charge on any atom is 0.269 e. The van der Waals surface area contributed by atoms with Crippen LogP contribution < -0.4 is 10.1 Å². The molecule has 3 aromatic heterocycles. The Balaban J connectivity index is 1.51. The molecule has 0 saturated carbocycles. The van der Waals surface area contributed by atoms with E-state index in [0.717, 1.165) is 23.5 Å². The number of nitrogens with zero attached hydrogens (tertiary/aromatic N) is 4. The number of non-ortho nitro benzene ring substituents is 1. The van der Waals surface area contributed by atoms with Crippen LogP contribution in [0.1, 0.15) is 0 Å². The van der Waals surface area contributed by atoms with Gasteiger partial charge in [-0.1, -0.05) is 11.3 Å². The number of ether oxygens (including phenoxy) is 1. The highest BCUT2D eigenvalue weighted by Crippen LogP contribution is 2.38. The molecule has 2 aromatic carbocycles. The summed E-state index contributed by atoms with van der Waals surface area (Å²) in [6.07, 6.45) is 2.54. The van der Waals surface area contributed by atoms with Crippen LogP contribution in [0.4, 0.5) is 16.6 Å². The highest BCUT2D eigenvalue weighted by atomic mass is 32.2. The summed E-state index contributed by atoms with van der Waals surface area (Å²) >= 11 is 0.882. The number of aromatic amines is 1. The van der Waals surface area contributed by atoms with Gasteiger partial charge in [0.05, 0.1) is 34.0 Å². The number of methoxy groups -OCH3 is 1. The van der Waals surface area contributed by atoms with Crippen molar-refractivity contribution >= 4 is 59.7 Å². The van der Waals surface area contributed by atoms with E-state index in [9.17, 15) is 23.6 Å². The van der Waals surface area contributed by atoms with Crippen LogP contribution in [0.2, 0.25) is 0 Å². The Hall–Kier alpha value is -4.30. The number of phenolic OH excluding ortho intramolecular Hbond substituents is 1. The van der Waals surface area contributed by atoms with Gasteiger partial charge in [0.1, 0.15) is 22.0 Å². The Kier molecular flexibility index (Phi) is 5.02. The molecule has 0 aliphatic carbocycles. The number of hydrogen-bond donors (Lipinski definition) is 3. The van der Waals surface area contributed by atoms with Crippen molar-refractivity contribution in [2.24, 2.45) is 0 Å². The SMILES string of the molecule is COc1cc2[nH]c3ncnc(Nc4ncc(S(=O)(=O)c5ccc([N+](=O)[O-])cc5)s4)c3c2cc1O. The minimum absolute atomic E-state index is 0.0459. The van der Waals surface area contributed by atoms with E-state index >= 15 is 0 Å². The molecule has 14 heteroatoms. The van der Waals surface area contributed by atoms with Crippen molar-refractivity contribution in [3.05, 3.63) is 59.0 Å². The molecule has 3 N–H and O–H groups in total. The topological polar surface area (TPSA) is 173 Å². The lowest BCUT2D eigenvalue weighted by molar-refractivity contribution is -0.384. The summed E-state index contributed by atoms with van der Waals surface area (Å²) < 4.78 is 31.0. The number of hydrogen-bond acceptors (Lipinski definition) is 11. The first-order valence-corrected chi connectivity index (χ1v) is 11.8. The molecule has 12 nitrogen and oxygen atoms in total. The van der Waals surface area contributed by atoms with Crippen molar-refractivity contribution in [1.82, 2.24) is 19.9 Å². The van der Waals surface area contributed by atoms with Gasteiger partial charge in [-0.15, -0.1) is 0 Å². The molecule has 0 aliphatic rings. The molecule has 34 heavy (non-hydrogen) atoms. The lowest BCUT2D eigenvalue weighted by atomic mass is 10.2. The minimum atomic E-state index is -3.93. The maximum absolute atomic E-state index is 12.9. The third-order valence-electron chi connectivity index (χ3n) is 5.02. The number of nitro benzene ring substituents is 1. The monoisotopic (exact) mass is 498 g/mol. The number of thiazole rings is 1. The number of anilines is 2. The number of nitrogens with one attached hydrogen (secondary N) is 2. The molecular weight excluding hydrogens is 484 g/mol. The Morgan fingerprint density at radius 1 is 1.18 bits per heavy atom. The predicted molar refractivity (Wildman–Crippen MR) is 124 cm³/mol. The summed E-state index contributed by atoms with van der Waals surface area (Å²) in [7, 11) is -2.48. The standard InChI is InChI=1S/C20H14N6O6S2/c1-32-15-7-13-12(6-14(15)27)17-18(24-13)22-9-23-19(17)25-20-21-8-16(33-20)34(30,31)11-4-2-10(3-5-11)26(28)29/h2-9,27H,1H3,(H2,21,22,23,24,25). The summed E-state index contributed by atoms with van der Waals surface area (Å²) in [6.45, 7) is 0. The molecule has 5 rings (SSSR count). The summed E-state index contributed by atoms with van der Waals surface area (Å²) in [5.74, 6) is 0.591.